The molecule has 1 fully saturated rings. The van der Waals surface area contributed by atoms with E-state index >= 15 is 0 Å². The Morgan fingerprint density at radius 2 is 1.96 bits per heavy atom. The molecular weight excluding hydrogens is 304 g/mol. The molecule has 0 bridgehead atoms. The number of amides is 2. The van der Waals surface area contributed by atoms with Gasteiger partial charge in [-0.05, 0) is 37.7 Å². The molecule has 0 aromatic heterocycles. The number of hydrogen-bond acceptors (Lipinski definition) is 3. The Bertz CT molecular complexity index is 538. The lowest BCUT2D eigenvalue weighted by molar-refractivity contribution is -0.122. The van der Waals surface area contributed by atoms with Crippen LogP contribution >= 0.6 is 0 Å². The van der Waals surface area contributed by atoms with Crippen molar-refractivity contribution in [3.63, 3.8) is 0 Å². The van der Waals surface area contributed by atoms with E-state index in [1.165, 1.54) is 19.8 Å². The van der Waals surface area contributed by atoms with Gasteiger partial charge in [0.2, 0.25) is 11.8 Å². The topological polar surface area (TPSA) is 67.4 Å². The maximum atomic E-state index is 12.1. The molecule has 1 aliphatic carbocycles. The number of hydrogen-bond donors (Lipinski definition) is 2. The third kappa shape index (κ3) is 7.13. The summed E-state index contributed by atoms with van der Waals surface area (Å²) in [6, 6.07) is 7.58. The second-order valence-corrected chi connectivity index (χ2v) is 6.59. The van der Waals surface area contributed by atoms with Crippen molar-refractivity contribution in [3.8, 4) is 0 Å². The molecule has 0 radical (unpaired) electrons. The van der Waals surface area contributed by atoms with Crippen LogP contribution in [0.15, 0.2) is 24.3 Å². The minimum atomic E-state index is -0.297. The van der Waals surface area contributed by atoms with E-state index in [-0.39, 0.29) is 24.3 Å². The molecule has 0 aliphatic heterocycles. The Morgan fingerprint density at radius 3 is 2.58 bits per heavy atom. The van der Waals surface area contributed by atoms with Crippen molar-refractivity contribution in [2.24, 2.45) is 5.92 Å². The van der Waals surface area contributed by atoms with Crippen LogP contribution in [0.4, 0.5) is 0 Å². The quantitative estimate of drug-likeness (QED) is 0.647. The fourth-order valence-electron chi connectivity index (χ4n) is 2.49. The van der Waals surface area contributed by atoms with Crippen LogP contribution in [0.3, 0.4) is 0 Å². The van der Waals surface area contributed by atoms with Gasteiger partial charge in [-0.25, -0.2) is 0 Å². The number of carbonyl (C=O) groups excluding carboxylic acids is 2. The van der Waals surface area contributed by atoms with Crippen molar-refractivity contribution in [3.05, 3.63) is 35.4 Å². The van der Waals surface area contributed by atoms with Crippen LogP contribution in [0.2, 0.25) is 0 Å². The molecule has 2 amide bonds. The number of nitrogens with one attached hydrogen (secondary N) is 2. The SMILES string of the molecule is CC(=O)NC(CC(=O)NCCCOCC1CC1)c1ccc(C)cc1. The normalized spacial score (nSPS) is 14.9. The van der Waals surface area contributed by atoms with Crippen LogP contribution in [0.1, 0.15) is 49.8 Å². The number of ether oxygens (including phenoxy) is 1. The molecule has 1 atom stereocenters. The lowest BCUT2D eigenvalue weighted by atomic mass is 10.0. The molecule has 1 aromatic carbocycles. The van der Waals surface area contributed by atoms with Crippen molar-refractivity contribution in [1.29, 1.82) is 0 Å². The van der Waals surface area contributed by atoms with Crippen molar-refractivity contribution < 1.29 is 14.3 Å². The Kier molecular flexibility index (Phi) is 7.25. The van der Waals surface area contributed by atoms with Gasteiger partial charge in [0, 0.05) is 26.7 Å². The molecule has 1 aliphatic rings. The van der Waals surface area contributed by atoms with Gasteiger partial charge in [-0.1, -0.05) is 29.8 Å². The van der Waals surface area contributed by atoms with Crippen molar-refractivity contribution in [2.75, 3.05) is 19.8 Å². The third-order valence-electron chi connectivity index (χ3n) is 4.08. The number of aryl methyl sites for hydroxylation is 1. The van der Waals surface area contributed by atoms with Crippen LogP contribution in [-0.2, 0) is 14.3 Å². The molecule has 0 spiro atoms. The average molecular weight is 332 g/mol. The Balaban J connectivity index is 1.72. The van der Waals surface area contributed by atoms with Gasteiger partial charge in [0.15, 0.2) is 0 Å². The zero-order valence-corrected chi connectivity index (χ0v) is 14.6. The van der Waals surface area contributed by atoms with Crippen LogP contribution in [0.5, 0.6) is 0 Å². The van der Waals surface area contributed by atoms with Crippen LogP contribution in [-0.4, -0.2) is 31.6 Å². The average Bonchev–Trinajstić information content (AvgIpc) is 3.34. The van der Waals surface area contributed by atoms with E-state index in [0.29, 0.717) is 13.2 Å². The number of rotatable bonds is 10. The summed E-state index contributed by atoms with van der Waals surface area (Å²) in [5, 5.41) is 5.75. The summed E-state index contributed by atoms with van der Waals surface area (Å²) in [5.74, 6) is 0.575. The Morgan fingerprint density at radius 1 is 1.25 bits per heavy atom. The second kappa shape index (κ2) is 9.42. The molecule has 1 aromatic rings. The molecule has 1 unspecified atom stereocenters. The molecule has 24 heavy (non-hydrogen) atoms. The van der Waals surface area contributed by atoms with E-state index in [9.17, 15) is 9.59 Å². The highest BCUT2D eigenvalue weighted by Crippen LogP contribution is 2.28. The van der Waals surface area contributed by atoms with Gasteiger partial charge in [-0.2, -0.15) is 0 Å². The zero-order chi connectivity index (χ0) is 17.4. The largest absolute Gasteiger partial charge is 0.381 e. The maximum absolute atomic E-state index is 12.1. The van der Waals surface area contributed by atoms with Gasteiger partial charge in [0.25, 0.3) is 0 Å². The van der Waals surface area contributed by atoms with Crippen molar-refractivity contribution >= 4 is 11.8 Å². The first-order valence-electron chi connectivity index (χ1n) is 8.72. The minimum Gasteiger partial charge on any atom is -0.381 e. The monoisotopic (exact) mass is 332 g/mol. The van der Waals surface area contributed by atoms with Gasteiger partial charge in [0.1, 0.15) is 0 Å². The molecule has 0 heterocycles. The molecule has 2 N–H and O–H groups in total. The smallest absolute Gasteiger partial charge is 0.222 e. The van der Waals surface area contributed by atoms with Gasteiger partial charge in [-0.15, -0.1) is 0 Å². The highest BCUT2D eigenvalue weighted by molar-refractivity contribution is 5.79. The van der Waals surface area contributed by atoms with Gasteiger partial charge in [-0.3, -0.25) is 9.59 Å². The van der Waals surface area contributed by atoms with Crippen LogP contribution in [0.25, 0.3) is 0 Å². The highest BCUT2D eigenvalue weighted by atomic mass is 16.5. The van der Waals surface area contributed by atoms with E-state index in [1.807, 2.05) is 31.2 Å². The summed E-state index contributed by atoms with van der Waals surface area (Å²) in [4.78, 5) is 23.5. The molecule has 2 rings (SSSR count). The molecule has 1 saturated carbocycles. The summed E-state index contributed by atoms with van der Waals surface area (Å²) in [6.07, 6.45) is 3.64. The molecule has 0 saturated heterocycles. The van der Waals surface area contributed by atoms with Gasteiger partial charge < -0.3 is 15.4 Å². The number of benzene rings is 1. The summed E-state index contributed by atoms with van der Waals surface area (Å²) in [7, 11) is 0. The fraction of sp³-hybridized carbons (Fsp3) is 0.579. The highest BCUT2D eigenvalue weighted by Gasteiger charge is 2.21. The second-order valence-electron chi connectivity index (χ2n) is 6.59. The first-order chi connectivity index (χ1) is 11.5. The Hall–Kier alpha value is -1.88. The van der Waals surface area contributed by atoms with E-state index in [4.69, 9.17) is 4.74 Å². The molecule has 132 valence electrons. The lowest BCUT2D eigenvalue weighted by Gasteiger charge is -2.18. The maximum Gasteiger partial charge on any atom is 0.222 e. The van der Waals surface area contributed by atoms with E-state index in [0.717, 1.165) is 30.1 Å². The first-order valence-corrected chi connectivity index (χ1v) is 8.72. The summed E-state index contributed by atoms with van der Waals surface area (Å²) >= 11 is 0. The number of carbonyl (C=O) groups is 2. The van der Waals surface area contributed by atoms with Crippen LogP contribution < -0.4 is 10.6 Å². The van der Waals surface area contributed by atoms with E-state index in [1.54, 1.807) is 0 Å². The minimum absolute atomic E-state index is 0.0588. The predicted octanol–water partition coefficient (Wildman–Crippen LogP) is 2.50. The van der Waals surface area contributed by atoms with E-state index in [2.05, 4.69) is 10.6 Å². The fourth-order valence-corrected chi connectivity index (χ4v) is 2.49. The van der Waals surface area contributed by atoms with Crippen molar-refractivity contribution in [1.82, 2.24) is 10.6 Å². The molecular formula is C19H28N2O3. The predicted molar refractivity (Wildman–Crippen MR) is 93.5 cm³/mol. The molecule has 5 nitrogen and oxygen atoms in total. The zero-order valence-electron chi connectivity index (χ0n) is 14.6. The summed E-state index contributed by atoms with van der Waals surface area (Å²) < 4.78 is 5.55. The molecule has 5 heteroatoms. The lowest BCUT2D eigenvalue weighted by Crippen LogP contribution is -2.33. The summed E-state index contributed by atoms with van der Waals surface area (Å²) in [5.41, 5.74) is 2.09. The third-order valence-corrected chi connectivity index (χ3v) is 4.08. The Labute approximate surface area is 144 Å². The standard InChI is InChI=1S/C19H28N2O3/c1-14-4-8-17(9-5-14)18(21-15(2)22)12-19(23)20-10-3-11-24-13-16-6-7-16/h4-5,8-9,16,18H,3,6-7,10-13H2,1-2H3,(H,20,23)(H,21,22). The van der Waals surface area contributed by atoms with Gasteiger partial charge in [0.05, 0.1) is 12.5 Å². The van der Waals surface area contributed by atoms with Crippen molar-refractivity contribution in [2.45, 2.75) is 45.6 Å². The van der Waals surface area contributed by atoms with Crippen LogP contribution in [0, 0.1) is 12.8 Å². The van der Waals surface area contributed by atoms with Gasteiger partial charge >= 0.3 is 0 Å². The summed E-state index contributed by atoms with van der Waals surface area (Å²) in [6.45, 7) is 5.62. The first kappa shape index (κ1) is 18.5. The van der Waals surface area contributed by atoms with E-state index < -0.39 is 0 Å².